The second kappa shape index (κ2) is 5.72. The average molecular weight is 284 g/mol. The van der Waals surface area contributed by atoms with Gasteiger partial charge in [-0.25, -0.2) is 4.98 Å². The van der Waals surface area contributed by atoms with Crippen LogP contribution in [0.15, 0.2) is 23.0 Å². The summed E-state index contributed by atoms with van der Waals surface area (Å²) in [5, 5.41) is 0. The van der Waals surface area contributed by atoms with Crippen LogP contribution in [-0.4, -0.2) is 17.1 Å². The van der Waals surface area contributed by atoms with Crippen LogP contribution in [0, 0.1) is 6.92 Å². The molecule has 0 saturated heterocycles. The predicted octanol–water partition coefficient (Wildman–Crippen LogP) is 3.02. The highest BCUT2D eigenvalue weighted by atomic mass is 16.5. The average Bonchev–Trinajstić information content (AvgIpc) is 2.72. The Hall–Kier alpha value is -2.10. The van der Waals surface area contributed by atoms with E-state index in [-0.39, 0.29) is 5.56 Å². The highest BCUT2D eigenvalue weighted by Gasteiger charge is 2.15. The summed E-state index contributed by atoms with van der Waals surface area (Å²) < 4.78 is 5.27. The van der Waals surface area contributed by atoms with E-state index in [9.17, 15) is 4.79 Å². The number of aromatic nitrogens is 2. The van der Waals surface area contributed by atoms with Crippen LogP contribution in [0.1, 0.15) is 36.1 Å². The smallest absolute Gasteiger partial charge is 0.254 e. The quantitative estimate of drug-likeness (QED) is 0.862. The minimum Gasteiger partial charge on any atom is -0.496 e. The molecule has 0 atom stereocenters. The largest absolute Gasteiger partial charge is 0.496 e. The molecule has 0 spiro atoms. The maximum absolute atomic E-state index is 12.3. The van der Waals surface area contributed by atoms with Gasteiger partial charge in [0.1, 0.15) is 11.6 Å². The van der Waals surface area contributed by atoms with Crippen molar-refractivity contribution in [2.45, 2.75) is 39.0 Å². The number of aryl methyl sites for hydroxylation is 2. The van der Waals surface area contributed by atoms with Gasteiger partial charge >= 0.3 is 0 Å². The van der Waals surface area contributed by atoms with E-state index in [2.05, 4.69) is 4.98 Å². The zero-order chi connectivity index (χ0) is 14.8. The van der Waals surface area contributed by atoms with E-state index in [4.69, 9.17) is 9.72 Å². The van der Waals surface area contributed by atoms with Crippen molar-refractivity contribution in [3.05, 3.63) is 45.4 Å². The predicted molar refractivity (Wildman–Crippen MR) is 82.8 cm³/mol. The molecule has 0 bridgehead atoms. The van der Waals surface area contributed by atoms with Crippen molar-refractivity contribution >= 4 is 0 Å². The van der Waals surface area contributed by atoms with Crippen molar-refractivity contribution in [1.29, 1.82) is 0 Å². The molecule has 1 aromatic heterocycles. The molecule has 1 aliphatic rings. The highest BCUT2D eigenvalue weighted by Crippen LogP contribution is 2.24. The Morgan fingerprint density at radius 2 is 2.00 bits per heavy atom. The fraction of sp³-hybridized carbons (Fsp3) is 0.412. The van der Waals surface area contributed by atoms with E-state index in [1.165, 1.54) is 6.42 Å². The molecule has 4 heteroatoms. The third-order valence-electron chi connectivity index (χ3n) is 4.11. The number of hydrogen-bond donors (Lipinski definition) is 1. The zero-order valence-corrected chi connectivity index (χ0v) is 12.5. The van der Waals surface area contributed by atoms with Crippen LogP contribution in [0.2, 0.25) is 0 Å². The number of nitrogens with one attached hydrogen (secondary N) is 1. The Kier molecular flexibility index (Phi) is 3.78. The second-order valence-corrected chi connectivity index (χ2v) is 5.58. The summed E-state index contributed by atoms with van der Waals surface area (Å²) in [6, 6.07) is 5.85. The van der Waals surface area contributed by atoms with Crippen molar-refractivity contribution in [3.63, 3.8) is 0 Å². The maximum Gasteiger partial charge on any atom is 0.254 e. The summed E-state index contributed by atoms with van der Waals surface area (Å²) in [7, 11) is 1.66. The molecular weight excluding hydrogens is 264 g/mol. The van der Waals surface area contributed by atoms with Crippen molar-refractivity contribution in [2.24, 2.45) is 0 Å². The van der Waals surface area contributed by atoms with Crippen LogP contribution in [0.4, 0.5) is 0 Å². The molecule has 0 radical (unpaired) electrons. The minimum absolute atomic E-state index is 0.0189. The standard InChI is InChI=1S/C17H20N2O2/c1-11-10-12(8-9-15(11)21-2)16-18-14-7-5-3-4-6-13(14)17(20)19-16/h8-10H,3-7H2,1-2H3,(H,18,19,20). The summed E-state index contributed by atoms with van der Waals surface area (Å²) in [6.07, 6.45) is 5.12. The molecule has 3 rings (SSSR count). The van der Waals surface area contributed by atoms with Crippen LogP contribution in [0.25, 0.3) is 11.4 Å². The number of fused-ring (bicyclic) bond motifs is 1. The van der Waals surface area contributed by atoms with Gasteiger partial charge < -0.3 is 9.72 Å². The summed E-state index contributed by atoms with van der Waals surface area (Å²) in [5.41, 5.74) is 3.83. The molecule has 0 amide bonds. The van der Waals surface area contributed by atoms with E-state index in [1.807, 2.05) is 25.1 Å². The van der Waals surface area contributed by atoms with E-state index < -0.39 is 0 Å². The third kappa shape index (κ3) is 2.71. The number of ether oxygens (including phenoxy) is 1. The molecule has 1 N–H and O–H groups in total. The lowest BCUT2D eigenvalue weighted by Crippen LogP contribution is -2.18. The lowest BCUT2D eigenvalue weighted by Gasteiger charge is -2.10. The Morgan fingerprint density at radius 3 is 2.76 bits per heavy atom. The van der Waals surface area contributed by atoms with E-state index in [0.29, 0.717) is 5.82 Å². The number of rotatable bonds is 2. The van der Waals surface area contributed by atoms with Gasteiger partial charge in [-0.15, -0.1) is 0 Å². The number of H-pyrrole nitrogens is 1. The van der Waals surface area contributed by atoms with Gasteiger partial charge in [0.05, 0.1) is 12.8 Å². The number of methoxy groups -OCH3 is 1. The number of aromatic amines is 1. The van der Waals surface area contributed by atoms with Gasteiger partial charge in [-0.1, -0.05) is 6.42 Å². The first-order valence-electron chi connectivity index (χ1n) is 7.46. The lowest BCUT2D eigenvalue weighted by atomic mass is 10.1. The highest BCUT2D eigenvalue weighted by molar-refractivity contribution is 5.59. The molecule has 0 saturated carbocycles. The maximum atomic E-state index is 12.3. The molecule has 1 aliphatic carbocycles. The first kappa shape index (κ1) is 13.9. The molecule has 0 unspecified atom stereocenters. The summed E-state index contributed by atoms with van der Waals surface area (Å²) >= 11 is 0. The number of nitrogens with zero attached hydrogens (tertiary/aromatic N) is 1. The first-order chi connectivity index (χ1) is 10.2. The van der Waals surface area contributed by atoms with Crippen molar-refractivity contribution in [2.75, 3.05) is 7.11 Å². The molecule has 110 valence electrons. The van der Waals surface area contributed by atoms with Gasteiger partial charge in [0.25, 0.3) is 5.56 Å². The van der Waals surface area contributed by atoms with E-state index in [0.717, 1.165) is 53.8 Å². The van der Waals surface area contributed by atoms with Crippen LogP contribution in [-0.2, 0) is 12.8 Å². The number of benzene rings is 1. The molecule has 4 nitrogen and oxygen atoms in total. The summed E-state index contributed by atoms with van der Waals surface area (Å²) in [4.78, 5) is 19.9. The van der Waals surface area contributed by atoms with Crippen molar-refractivity contribution < 1.29 is 4.74 Å². The summed E-state index contributed by atoms with van der Waals surface area (Å²) in [5.74, 6) is 1.50. The van der Waals surface area contributed by atoms with Gasteiger partial charge in [0.15, 0.2) is 0 Å². The molecule has 0 fully saturated rings. The lowest BCUT2D eigenvalue weighted by molar-refractivity contribution is 0.412. The summed E-state index contributed by atoms with van der Waals surface area (Å²) in [6.45, 7) is 1.99. The Balaban J connectivity index is 2.07. The molecular formula is C17H20N2O2. The second-order valence-electron chi connectivity index (χ2n) is 5.58. The fourth-order valence-electron chi connectivity index (χ4n) is 2.94. The van der Waals surface area contributed by atoms with Gasteiger partial charge in [-0.2, -0.15) is 0 Å². The molecule has 2 aromatic rings. The molecule has 1 heterocycles. The van der Waals surface area contributed by atoms with Crippen LogP contribution >= 0.6 is 0 Å². The van der Waals surface area contributed by atoms with Crippen molar-refractivity contribution in [1.82, 2.24) is 9.97 Å². The van der Waals surface area contributed by atoms with Gasteiger partial charge in [-0.3, -0.25) is 4.79 Å². The fourth-order valence-corrected chi connectivity index (χ4v) is 2.94. The molecule has 21 heavy (non-hydrogen) atoms. The molecule has 1 aromatic carbocycles. The monoisotopic (exact) mass is 284 g/mol. The van der Waals surface area contributed by atoms with Gasteiger partial charge in [-0.05, 0) is 56.4 Å². The number of hydrogen-bond acceptors (Lipinski definition) is 3. The normalized spacial score (nSPS) is 14.4. The van der Waals surface area contributed by atoms with Gasteiger partial charge in [0, 0.05) is 11.1 Å². The first-order valence-corrected chi connectivity index (χ1v) is 7.46. The third-order valence-corrected chi connectivity index (χ3v) is 4.11. The van der Waals surface area contributed by atoms with Crippen LogP contribution in [0.5, 0.6) is 5.75 Å². The Labute approximate surface area is 124 Å². The van der Waals surface area contributed by atoms with Crippen LogP contribution in [0.3, 0.4) is 0 Å². The molecule has 0 aliphatic heterocycles. The van der Waals surface area contributed by atoms with E-state index >= 15 is 0 Å². The van der Waals surface area contributed by atoms with Gasteiger partial charge in [0.2, 0.25) is 0 Å². The van der Waals surface area contributed by atoms with Crippen molar-refractivity contribution in [3.8, 4) is 17.1 Å². The minimum atomic E-state index is 0.0189. The zero-order valence-electron chi connectivity index (χ0n) is 12.5. The Morgan fingerprint density at radius 1 is 1.19 bits per heavy atom. The SMILES string of the molecule is COc1ccc(-c2nc3c(c(=O)[nH]2)CCCCC3)cc1C. The Bertz CT molecular complexity index is 719. The van der Waals surface area contributed by atoms with Crippen LogP contribution < -0.4 is 10.3 Å². The topological polar surface area (TPSA) is 55.0 Å². The van der Waals surface area contributed by atoms with E-state index in [1.54, 1.807) is 7.11 Å².